The van der Waals surface area contributed by atoms with E-state index in [1.165, 1.54) is 6.07 Å². The van der Waals surface area contributed by atoms with Crippen molar-refractivity contribution in [1.82, 2.24) is 0 Å². The van der Waals surface area contributed by atoms with Crippen molar-refractivity contribution in [3.8, 4) is 0 Å². The maximum atomic E-state index is 13.4. The first-order valence-corrected chi connectivity index (χ1v) is 4.38. The standard InChI is InChI=1S/C10H15FN2/c1-3-13(2)10-5-4-8(7-12)6-9(10)11/h4-6H,3,7,12H2,1-2H3. The lowest BCUT2D eigenvalue weighted by Crippen LogP contribution is -2.17. The molecular weight excluding hydrogens is 167 g/mol. The molecule has 1 aromatic rings. The second kappa shape index (κ2) is 4.23. The van der Waals surface area contributed by atoms with Crippen LogP contribution < -0.4 is 10.6 Å². The summed E-state index contributed by atoms with van der Waals surface area (Å²) in [5.41, 5.74) is 6.85. The van der Waals surface area contributed by atoms with E-state index < -0.39 is 0 Å². The molecule has 0 aromatic heterocycles. The first kappa shape index (κ1) is 9.99. The lowest BCUT2D eigenvalue weighted by atomic mass is 10.2. The monoisotopic (exact) mass is 182 g/mol. The van der Waals surface area contributed by atoms with Gasteiger partial charge in [0.2, 0.25) is 0 Å². The molecule has 0 aliphatic rings. The number of rotatable bonds is 3. The van der Waals surface area contributed by atoms with E-state index in [0.29, 0.717) is 12.2 Å². The van der Waals surface area contributed by atoms with E-state index in [1.807, 2.05) is 24.9 Å². The molecule has 0 saturated heterocycles. The number of nitrogens with two attached hydrogens (primary N) is 1. The summed E-state index contributed by atoms with van der Waals surface area (Å²) in [6, 6.07) is 5.10. The van der Waals surface area contributed by atoms with Crippen LogP contribution in [-0.4, -0.2) is 13.6 Å². The molecule has 0 fully saturated rings. The lowest BCUT2D eigenvalue weighted by molar-refractivity contribution is 0.621. The first-order chi connectivity index (χ1) is 6.19. The number of benzene rings is 1. The highest BCUT2D eigenvalue weighted by Gasteiger charge is 2.05. The van der Waals surface area contributed by atoms with Crippen LogP contribution in [0.25, 0.3) is 0 Å². The van der Waals surface area contributed by atoms with Crippen molar-refractivity contribution in [3.05, 3.63) is 29.6 Å². The Bertz CT molecular complexity index is 286. The number of hydrogen-bond acceptors (Lipinski definition) is 2. The van der Waals surface area contributed by atoms with E-state index in [4.69, 9.17) is 5.73 Å². The van der Waals surface area contributed by atoms with Crippen LogP contribution in [0.1, 0.15) is 12.5 Å². The highest BCUT2D eigenvalue weighted by molar-refractivity contribution is 5.48. The minimum Gasteiger partial charge on any atom is -0.373 e. The van der Waals surface area contributed by atoms with Crippen molar-refractivity contribution in [3.63, 3.8) is 0 Å². The summed E-state index contributed by atoms with van der Waals surface area (Å²) in [5, 5.41) is 0. The lowest BCUT2D eigenvalue weighted by Gasteiger charge is -2.17. The minimum absolute atomic E-state index is 0.202. The van der Waals surface area contributed by atoms with E-state index in [1.54, 1.807) is 6.07 Å². The average molecular weight is 182 g/mol. The Hall–Kier alpha value is -1.09. The van der Waals surface area contributed by atoms with E-state index in [0.717, 1.165) is 12.1 Å². The van der Waals surface area contributed by atoms with Gasteiger partial charge in [-0.15, -0.1) is 0 Å². The quantitative estimate of drug-likeness (QED) is 0.771. The predicted octanol–water partition coefficient (Wildman–Crippen LogP) is 1.74. The third kappa shape index (κ3) is 2.18. The molecule has 0 spiro atoms. The van der Waals surface area contributed by atoms with Gasteiger partial charge < -0.3 is 10.6 Å². The van der Waals surface area contributed by atoms with Gasteiger partial charge in [-0.2, -0.15) is 0 Å². The normalized spacial score (nSPS) is 10.2. The SMILES string of the molecule is CCN(C)c1ccc(CN)cc1F. The molecule has 0 aliphatic heterocycles. The van der Waals surface area contributed by atoms with Crippen LogP contribution in [0.2, 0.25) is 0 Å². The number of hydrogen-bond donors (Lipinski definition) is 1. The summed E-state index contributed by atoms with van der Waals surface area (Å²) in [4.78, 5) is 1.86. The predicted molar refractivity (Wildman–Crippen MR) is 53.2 cm³/mol. The maximum Gasteiger partial charge on any atom is 0.146 e. The third-order valence-electron chi connectivity index (χ3n) is 2.13. The Balaban J connectivity index is 2.98. The van der Waals surface area contributed by atoms with Crippen LogP contribution in [0.3, 0.4) is 0 Å². The van der Waals surface area contributed by atoms with Gasteiger partial charge in [-0.1, -0.05) is 6.07 Å². The molecule has 0 radical (unpaired) electrons. The minimum atomic E-state index is -0.202. The van der Waals surface area contributed by atoms with Gasteiger partial charge in [0.15, 0.2) is 0 Å². The summed E-state index contributed by atoms with van der Waals surface area (Å²) in [7, 11) is 1.86. The van der Waals surface area contributed by atoms with Crippen molar-refractivity contribution in [2.45, 2.75) is 13.5 Å². The fourth-order valence-corrected chi connectivity index (χ4v) is 1.16. The summed E-state index contributed by atoms with van der Waals surface area (Å²) in [6.07, 6.45) is 0. The van der Waals surface area contributed by atoms with Gasteiger partial charge in [0.1, 0.15) is 5.82 Å². The Kier molecular flexibility index (Phi) is 3.25. The van der Waals surface area contributed by atoms with Gasteiger partial charge in [0, 0.05) is 20.1 Å². The van der Waals surface area contributed by atoms with Crippen LogP contribution in [0.4, 0.5) is 10.1 Å². The number of anilines is 1. The maximum absolute atomic E-state index is 13.4. The average Bonchev–Trinajstić information content (AvgIpc) is 2.16. The molecule has 0 unspecified atom stereocenters. The van der Waals surface area contributed by atoms with E-state index in [2.05, 4.69) is 0 Å². The molecule has 1 aromatic carbocycles. The molecule has 13 heavy (non-hydrogen) atoms. The highest BCUT2D eigenvalue weighted by Crippen LogP contribution is 2.18. The zero-order valence-corrected chi connectivity index (χ0v) is 8.05. The van der Waals surface area contributed by atoms with Gasteiger partial charge in [-0.3, -0.25) is 0 Å². The molecule has 0 saturated carbocycles. The zero-order chi connectivity index (χ0) is 9.84. The van der Waals surface area contributed by atoms with Gasteiger partial charge in [-0.25, -0.2) is 4.39 Å². The Morgan fingerprint density at radius 3 is 2.62 bits per heavy atom. The molecular formula is C10H15FN2. The topological polar surface area (TPSA) is 29.3 Å². The molecule has 2 nitrogen and oxygen atoms in total. The Labute approximate surface area is 78.2 Å². The zero-order valence-electron chi connectivity index (χ0n) is 8.05. The van der Waals surface area contributed by atoms with Crippen molar-refractivity contribution >= 4 is 5.69 Å². The smallest absolute Gasteiger partial charge is 0.146 e. The summed E-state index contributed by atoms with van der Waals surface area (Å²) >= 11 is 0. The number of nitrogens with zero attached hydrogens (tertiary/aromatic N) is 1. The molecule has 0 atom stereocenters. The van der Waals surface area contributed by atoms with Crippen molar-refractivity contribution in [2.24, 2.45) is 5.73 Å². The van der Waals surface area contributed by atoms with Crippen molar-refractivity contribution in [2.75, 3.05) is 18.5 Å². The number of halogens is 1. The molecule has 0 amide bonds. The van der Waals surface area contributed by atoms with Crippen molar-refractivity contribution < 1.29 is 4.39 Å². The Morgan fingerprint density at radius 1 is 1.46 bits per heavy atom. The molecule has 0 heterocycles. The molecule has 0 aliphatic carbocycles. The largest absolute Gasteiger partial charge is 0.373 e. The summed E-state index contributed by atoms with van der Waals surface area (Å²) < 4.78 is 13.4. The third-order valence-corrected chi connectivity index (χ3v) is 2.13. The second-order valence-electron chi connectivity index (χ2n) is 3.00. The van der Waals surface area contributed by atoms with Crippen molar-refractivity contribution in [1.29, 1.82) is 0 Å². The van der Waals surface area contributed by atoms with Crippen LogP contribution in [-0.2, 0) is 6.54 Å². The van der Waals surface area contributed by atoms with Gasteiger partial charge >= 0.3 is 0 Å². The van der Waals surface area contributed by atoms with Gasteiger partial charge in [0.25, 0.3) is 0 Å². The molecule has 72 valence electrons. The van der Waals surface area contributed by atoms with Crippen LogP contribution in [0.5, 0.6) is 0 Å². The summed E-state index contributed by atoms with van der Waals surface area (Å²) in [5.74, 6) is -0.202. The van der Waals surface area contributed by atoms with E-state index in [9.17, 15) is 4.39 Å². The highest BCUT2D eigenvalue weighted by atomic mass is 19.1. The van der Waals surface area contributed by atoms with Crippen LogP contribution in [0, 0.1) is 5.82 Å². The Morgan fingerprint density at radius 2 is 2.15 bits per heavy atom. The molecule has 2 N–H and O–H groups in total. The second-order valence-corrected chi connectivity index (χ2v) is 3.00. The van der Waals surface area contributed by atoms with E-state index >= 15 is 0 Å². The van der Waals surface area contributed by atoms with Gasteiger partial charge in [0.05, 0.1) is 5.69 Å². The van der Waals surface area contributed by atoms with Crippen LogP contribution in [0.15, 0.2) is 18.2 Å². The van der Waals surface area contributed by atoms with E-state index in [-0.39, 0.29) is 5.82 Å². The van der Waals surface area contributed by atoms with Crippen LogP contribution >= 0.6 is 0 Å². The first-order valence-electron chi connectivity index (χ1n) is 4.38. The molecule has 1 rings (SSSR count). The molecule has 3 heteroatoms. The summed E-state index contributed by atoms with van der Waals surface area (Å²) in [6.45, 7) is 3.15. The fraction of sp³-hybridized carbons (Fsp3) is 0.400. The van der Waals surface area contributed by atoms with Gasteiger partial charge in [-0.05, 0) is 24.6 Å². The fourth-order valence-electron chi connectivity index (χ4n) is 1.16. The molecule has 0 bridgehead atoms.